The molecule has 1 fully saturated rings. The Hall–Kier alpha value is -2.17. The van der Waals surface area contributed by atoms with Crippen molar-refractivity contribution in [1.29, 1.82) is 0 Å². The van der Waals surface area contributed by atoms with Crippen LogP contribution in [0, 0.1) is 12.8 Å². The second-order valence-corrected chi connectivity index (χ2v) is 9.54. The van der Waals surface area contributed by atoms with Gasteiger partial charge in [-0.2, -0.15) is 4.31 Å². The average molecular weight is 380 g/mol. The molecule has 0 unspecified atom stereocenters. The Kier molecular flexibility index (Phi) is 4.79. The van der Waals surface area contributed by atoms with Gasteiger partial charge in [0.05, 0.1) is 4.90 Å². The lowest BCUT2D eigenvalue weighted by Crippen LogP contribution is -2.28. The fourth-order valence-corrected chi connectivity index (χ4v) is 5.54. The van der Waals surface area contributed by atoms with Gasteiger partial charge in [0.25, 0.3) is 0 Å². The summed E-state index contributed by atoms with van der Waals surface area (Å²) in [6.45, 7) is 5.13. The molecular formula is C23H25NO2S. The third-order valence-corrected chi connectivity index (χ3v) is 7.44. The highest BCUT2D eigenvalue weighted by Gasteiger charge is 2.37. The summed E-state index contributed by atoms with van der Waals surface area (Å²) in [7, 11) is -3.48. The van der Waals surface area contributed by atoms with Crippen molar-refractivity contribution in [2.24, 2.45) is 5.92 Å². The maximum absolute atomic E-state index is 13.2. The number of allylic oxidation sites excluding steroid dienone is 2. The second kappa shape index (κ2) is 7.10. The van der Waals surface area contributed by atoms with E-state index in [0.29, 0.717) is 18.0 Å². The lowest BCUT2D eigenvalue weighted by Gasteiger charge is -2.16. The molecule has 4 rings (SSSR count). The lowest BCUT2D eigenvalue weighted by atomic mass is 9.92. The van der Waals surface area contributed by atoms with Crippen molar-refractivity contribution in [3.8, 4) is 0 Å². The van der Waals surface area contributed by atoms with E-state index in [4.69, 9.17) is 0 Å². The predicted octanol–water partition coefficient (Wildman–Crippen LogP) is 4.81. The number of sulfonamides is 1. The van der Waals surface area contributed by atoms with Gasteiger partial charge in [0, 0.05) is 19.0 Å². The van der Waals surface area contributed by atoms with Gasteiger partial charge in [-0.3, -0.25) is 0 Å². The molecule has 0 aromatic heterocycles. The van der Waals surface area contributed by atoms with Crippen LogP contribution < -0.4 is 0 Å². The van der Waals surface area contributed by atoms with Crippen LogP contribution in [-0.2, 0) is 10.0 Å². The van der Waals surface area contributed by atoms with Gasteiger partial charge in [0.15, 0.2) is 0 Å². The Balaban J connectivity index is 1.74. The molecule has 0 N–H and O–H groups in total. The van der Waals surface area contributed by atoms with Crippen LogP contribution in [0.25, 0.3) is 5.57 Å². The molecule has 4 heteroatoms. The minimum absolute atomic E-state index is 0.169. The fourth-order valence-electron chi connectivity index (χ4n) is 4.09. The molecule has 1 atom stereocenters. The Morgan fingerprint density at radius 1 is 0.926 bits per heavy atom. The minimum Gasteiger partial charge on any atom is -0.207 e. The van der Waals surface area contributed by atoms with Crippen LogP contribution in [0.3, 0.4) is 0 Å². The molecule has 0 bridgehead atoms. The number of rotatable bonds is 3. The molecule has 1 saturated heterocycles. The van der Waals surface area contributed by atoms with Gasteiger partial charge in [-0.1, -0.05) is 59.7 Å². The number of benzene rings is 2. The molecule has 0 saturated carbocycles. The van der Waals surface area contributed by atoms with E-state index in [1.54, 1.807) is 16.4 Å². The molecule has 2 aromatic carbocycles. The highest BCUT2D eigenvalue weighted by Crippen LogP contribution is 2.39. The third-order valence-electron chi connectivity index (χ3n) is 5.62. The first-order valence-electron chi connectivity index (χ1n) is 9.46. The van der Waals surface area contributed by atoms with Crippen molar-refractivity contribution in [1.82, 2.24) is 4.31 Å². The Bertz CT molecular complexity index is 1000. The average Bonchev–Trinajstić information content (AvgIpc) is 3.01. The highest BCUT2D eigenvalue weighted by molar-refractivity contribution is 7.89. The Morgan fingerprint density at radius 2 is 1.63 bits per heavy atom. The van der Waals surface area contributed by atoms with E-state index < -0.39 is 10.0 Å². The molecule has 0 amide bonds. The molecule has 1 heterocycles. The Morgan fingerprint density at radius 3 is 2.33 bits per heavy atom. The van der Waals surface area contributed by atoms with Crippen LogP contribution in [0.4, 0.5) is 0 Å². The van der Waals surface area contributed by atoms with Crippen LogP contribution in [0.15, 0.2) is 76.7 Å². The maximum atomic E-state index is 13.2. The first-order valence-corrected chi connectivity index (χ1v) is 10.9. The van der Waals surface area contributed by atoms with Gasteiger partial charge < -0.3 is 0 Å². The fraction of sp³-hybridized carbons (Fsp3) is 0.304. The van der Waals surface area contributed by atoms with E-state index in [-0.39, 0.29) is 5.92 Å². The third kappa shape index (κ3) is 3.52. The molecule has 0 radical (unpaired) electrons. The predicted molar refractivity (Wildman–Crippen MR) is 110 cm³/mol. The molecule has 27 heavy (non-hydrogen) atoms. The summed E-state index contributed by atoms with van der Waals surface area (Å²) in [5, 5.41) is 0. The van der Waals surface area contributed by atoms with E-state index in [1.165, 1.54) is 22.3 Å². The van der Waals surface area contributed by atoms with E-state index in [2.05, 4.69) is 37.3 Å². The Labute approximate surface area is 162 Å². The zero-order valence-electron chi connectivity index (χ0n) is 15.9. The largest absolute Gasteiger partial charge is 0.243 e. The first-order chi connectivity index (χ1) is 12.9. The number of aryl methyl sites for hydroxylation is 1. The van der Waals surface area contributed by atoms with Crippen molar-refractivity contribution in [3.05, 3.63) is 82.9 Å². The van der Waals surface area contributed by atoms with Gasteiger partial charge >= 0.3 is 0 Å². The molecule has 1 aliphatic heterocycles. The zero-order chi connectivity index (χ0) is 19.0. The number of nitrogens with zero attached hydrogens (tertiary/aromatic N) is 1. The van der Waals surface area contributed by atoms with E-state index in [9.17, 15) is 8.42 Å². The standard InChI is InChI=1S/C23H25NO2S/c1-17-8-11-21(12-9-17)27(25,26)24-15-20-14-18(2)10-13-22(23(20)16-24)19-6-4-3-5-7-19/h3-9,11-12,14,20H,10,13,15-16H2,1-2H3/t20-/m0/s1. The summed E-state index contributed by atoms with van der Waals surface area (Å²) in [6, 6.07) is 17.6. The summed E-state index contributed by atoms with van der Waals surface area (Å²) < 4.78 is 28.0. The van der Waals surface area contributed by atoms with Crippen molar-refractivity contribution >= 4 is 15.6 Å². The zero-order valence-corrected chi connectivity index (χ0v) is 16.7. The smallest absolute Gasteiger partial charge is 0.207 e. The summed E-state index contributed by atoms with van der Waals surface area (Å²) in [5.41, 5.74) is 6.20. The van der Waals surface area contributed by atoms with Gasteiger partial charge in [-0.15, -0.1) is 0 Å². The second-order valence-electron chi connectivity index (χ2n) is 7.60. The molecule has 0 spiro atoms. The monoisotopic (exact) mass is 379 g/mol. The van der Waals surface area contributed by atoms with Gasteiger partial charge in [0.2, 0.25) is 10.0 Å². The molecular weight excluding hydrogens is 354 g/mol. The normalized spacial score (nSPS) is 21.0. The van der Waals surface area contributed by atoms with Gasteiger partial charge in [-0.05, 0) is 55.5 Å². The van der Waals surface area contributed by atoms with Crippen LogP contribution in [0.5, 0.6) is 0 Å². The summed E-state index contributed by atoms with van der Waals surface area (Å²) in [5.74, 6) is 0.169. The van der Waals surface area contributed by atoms with Crippen LogP contribution in [-0.4, -0.2) is 25.8 Å². The summed E-state index contributed by atoms with van der Waals surface area (Å²) >= 11 is 0. The summed E-state index contributed by atoms with van der Waals surface area (Å²) in [4.78, 5) is 0.382. The quantitative estimate of drug-likeness (QED) is 0.718. The van der Waals surface area contributed by atoms with Crippen LogP contribution in [0.1, 0.15) is 30.9 Å². The number of hydrogen-bond acceptors (Lipinski definition) is 2. The molecule has 140 valence electrons. The van der Waals surface area contributed by atoms with Crippen molar-refractivity contribution in [2.75, 3.05) is 13.1 Å². The van der Waals surface area contributed by atoms with Crippen molar-refractivity contribution in [3.63, 3.8) is 0 Å². The summed E-state index contributed by atoms with van der Waals surface area (Å²) in [6.07, 6.45) is 4.28. The maximum Gasteiger partial charge on any atom is 0.243 e. The molecule has 3 nitrogen and oxygen atoms in total. The van der Waals surface area contributed by atoms with Crippen molar-refractivity contribution in [2.45, 2.75) is 31.6 Å². The van der Waals surface area contributed by atoms with Crippen LogP contribution in [0.2, 0.25) is 0 Å². The van der Waals surface area contributed by atoms with Crippen LogP contribution >= 0.6 is 0 Å². The number of fused-ring (bicyclic) bond motifs is 1. The van der Waals surface area contributed by atoms with Gasteiger partial charge in [0.1, 0.15) is 0 Å². The van der Waals surface area contributed by atoms with E-state index in [1.807, 2.05) is 25.1 Å². The van der Waals surface area contributed by atoms with E-state index >= 15 is 0 Å². The minimum atomic E-state index is -3.48. The SMILES string of the molecule is CC1=C[C@H]2CN(S(=O)(=O)c3ccc(C)cc3)CC2=C(c2ccccc2)CC1. The highest BCUT2D eigenvalue weighted by atomic mass is 32.2. The van der Waals surface area contributed by atoms with Gasteiger partial charge in [-0.25, -0.2) is 8.42 Å². The molecule has 1 aliphatic carbocycles. The first kappa shape index (κ1) is 18.2. The molecule has 2 aromatic rings. The van der Waals surface area contributed by atoms with E-state index in [0.717, 1.165) is 18.4 Å². The topological polar surface area (TPSA) is 37.4 Å². The number of hydrogen-bond donors (Lipinski definition) is 0. The lowest BCUT2D eigenvalue weighted by molar-refractivity contribution is 0.470. The van der Waals surface area contributed by atoms with Crippen molar-refractivity contribution < 1.29 is 8.42 Å². The molecule has 2 aliphatic rings.